The van der Waals surface area contributed by atoms with Crippen LogP contribution in [-0.2, 0) is 14.3 Å². The third-order valence-electron chi connectivity index (χ3n) is 4.05. The number of rotatable bonds is 6. The van der Waals surface area contributed by atoms with Gasteiger partial charge in [0.2, 0.25) is 5.91 Å². The van der Waals surface area contributed by atoms with Crippen LogP contribution in [0.1, 0.15) is 32.1 Å². The lowest BCUT2D eigenvalue weighted by molar-refractivity contribution is -0.148. The maximum atomic E-state index is 12.4. The fourth-order valence-electron chi connectivity index (χ4n) is 2.84. The largest absolute Gasteiger partial charge is 0.468 e. The molecule has 118 valence electrons. The van der Waals surface area contributed by atoms with Crippen LogP contribution in [0.15, 0.2) is 0 Å². The Labute approximate surface area is 129 Å². The van der Waals surface area contributed by atoms with Crippen LogP contribution in [0.3, 0.4) is 0 Å². The van der Waals surface area contributed by atoms with Crippen LogP contribution in [-0.4, -0.2) is 65.5 Å². The zero-order valence-electron chi connectivity index (χ0n) is 12.4. The smallest absolute Gasteiger partial charge is 0.325 e. The molecule has 0 spiro atoms. The van der Waals surface area contributed by atoms with Crippen LogP contribution in [0.4, 0.5) is 4.79 Å². The number of thioether (sulfide) groups is 1. The molecular formula is C14H22N2O4S. The highest BCUT2D eigenvalue weighted by atomic mass is 32.2. The van der Waals surface area contributed by atoms with Crippen LogP contribution in [0.2, 0.25) is 0 Å². The first-order valence-corrected chi connectivity index (χ1v) is 8.38. The highest BCUT2D eigenvalue weighted by Gasteiger charge is 2.29. The Morgan fingerprint density at radius 1 is 1.38 bits per heavy atom. The molecule has 2 fully saturated rings. The van der Waals surface area contributed by atoms with Crippen molar-refractivity contribution in [2.45, 2.75) is 38.1 Å². The number of hydrogen-bond donors (Lipinski definition) is 0. The molecule has 0 aromatic heterocycles. The van der Waals surface area contributed by atoms with E-state index >= 15 is 0 Å². The third kappa shape index (κ3) is 4.36. The molecule has 0 N–H and O–H groups in total. The van der Waals surface area contributed by atoms with E-state index in [9.17, 15) is 14.4 Å². The van der Waals surface area contributed by atoms with Gasteiger partial charge >= 0.3 is 5.97 Å². The van der Waals surface area contributed by atoms with Gasteiger partial charge in [-0.05, 0) is 12.8 Å². The normalized spacial score (nSPS) is 19.1. The van der Waals surface area contributed by atoms with Crippen molar-refractivity contribution in [3.8, 4) is 0 Å². The molecule has 0 aromatic carbocycles. The minimum absolute atomic E-state index is 0.0166. The number of carbonyl (C=O) groups is 3. The van der Waals surface area contributed by atoms with E-state index in [0.29, 0.717) is 13.1 Å². The Morgan fingerprint density at radius 2 is 2.10 bits per heavy atom. The summed E-state index contributed by atoms with van der Waals surface area (Å²) in [7, 11) is 1.33. The predicted octanol–water partition coefficient (Wildman–Crippen LogP) is 1.49. The van der Waals surface area contributed by atoms with E-state index in [-0.39, 0.29) is 36.1 Å². The summed E-state index contributed by atoms with van der Waals surface area (Å²) in [5.41, 5.74) is 0. The predicted molar refractivity (Wildman–Crippen MR) is 80.0 cm³/mol. The van der Waals surface area contributed by atoms with Gasteiger partial charge in [-0.1, -0.05) is 24.6 Å². The molecule has 6 nitrogen and oxygen atoms in total. The Kier molecular flexibility index (Phi) is 5.90. The molecule has 0 aromatic rings. The van der Waals surface area contributed by atoms with Crippen LogP contribution in [0.5, 0.6) is 0 Å². The third-order valence-corrected chi connectivity index (χ3v) is 4.95. The van der Waals surface area contributed by atoms with E-state index in [1.165, 1.54) is 18.9 Å². The maximum absolute atomic E-state index is 12.4. The average molecular weight is 314 g/mol. The maximum Gasteiger partial charge on any atom is 0.325 e. The van der Waals surface area contributed by atoms with Crippen molar-refractivity contribution in [3.63, 3.8) is 0 Å². The summed E-state index contributed by atoms with van der Waals surface area (Å²) in [6.07, 6.45) is 4.36. The van der Waals surface area contributed by atoms with Crippen molar-refractivity contribution in [2.75, 3.05) is 32.5 Å². The number of amides is 2. The Bertz CT molecular complexity index is 410. The zero-order chi connectivity index (χ0) is 15.2. The number of hydrogen-bond acceptors (Lipinski definition) is 5. The summed E-state index contributed by atoms with van der Waals surface area (Å²) < 4.78 is 4.68. The molecule has 1 aliphatic carbocycles. The Hall–Kier alpha value is -1.24. The SMILES string of the molecule is COC(=O)CN(C(=O)CCN1CCSC1=O)C1CCCC1. The van der Waals surface area contributed by atoms with Gasteiger partial charge in [0.15, 0.2) is 0 Å². The molecule has 0 unspecified atom stereocenters. The molecule has 1 aliphatic heterocycles. The Morgan fingerprint density at radius 3 is 2.67 bits per heavy atom. The summed E-state index contributed by atoms with van der Waals surface area (Å²) in [5.74, 6) is 0.349. The highest BCUT2D eigenvalue weighted by Crippen LogP contribution is 2.24. The standard InChI is InChI=1S/C14H22N2O4S/c1-20-13(18)10-16(11-4-2-3-5-11)12(17)6-7-15-8-9-21-14(15)19/h11H,2-10H2,1H3. The lowest BCUT2D eigenvalue weighted by Crippen LogP contribution is -2.43. The molecule has 2 rings (SSSR count). The van der Waals surface area contributed by atoms with E-state index in [2.05, 4.69) is 4.74 Å². The molecule has 2 aliphatic rings. The van der Waals surface area contributed by atoms with E-state index < -0.39 is 0 Å². The van der Waals surface area contributed by atoms with Gasteiger partial charge in [0, 0.05) is 31.3 Å². The van der Waals surface area contributed by atoms with Gasteiger partial charge in [0.25, 0.3) is 5.24 Å². The quantitative estimate of drug-likeness (QED) is 0.695. The van der Waals surface area contributed by atoms with Gasteiger partial charge in [-0.3, -0.25) is 14.4 Å². The molecule has 21 heavy (non-hydrogen) atoms. The second kappa shape index (κ2) is 7.68. The second-order valence-corrected chi connectivity index (χ2v) is 6.43. The Balaban J connectivity index is 1.89. The van der Waals surface area contributed by atoms with Crippen LogP contribution in [0.25, 0.3) is 0 Å². The van der Waals surface area contributed by atoms with Crippen LogP contribution < -0.4 is 0 Å². The van der Waals surface area contributed by atoms with E-state index in [0.717, 1.165) is 31.4 Å². The van der Waals surface area contributed by atoms with E-state index in [1.54, 1.807) is 9.80 Å². The topological polar surface area (TPSA) is 66.9 Å². The number of nitrogens with zero attached hydrogens (tertiary/aromatic N) is 2. The lowest BCUT2D eigenvalue weighted by Gasteiger charge is -2.28. The molecule has 0 bridgehead atoms. The number of carbonyl (C=O) groups excluding carboxylic acids is 3. The fourth-order valence-corrected chi connectivity index (χ4v) is 3.69. The van der Waals surface area contributed by atoms with Crippen LogP contribution in [0, 0.1) is 0 Å². The fraction of sp³-hybridized carbons (Fsp3) is 0.786. The van der Waals surface area contributed by atoms with Crippen molar-refractivity contribution in [2.24, 2.45) is 0 Å². The van der Waals surface area contributed by atoms with E-state index in [1.807, 2.05) is 0 Å². The highest BCUT2D eigenvalue weighted by molar-refractivity contribution is 8.13. The number of ether oxygens (including phenoxy) is 1. The molecule has 1 saturated carbocycles. The average Bonchev–Trinajstić information content (AvgIpc) is 3.13. The van der Waals surface area contributed by atoms with E-state index in [4.69, 9.17) is 0 Å². The number of methoxy groups -OCH3 is 1. The molecule has 7 heteroatoms. The minimum atomic E-state index is -0.386. The van der Waals surface area contributed by atoms with Gasteiger partial charge in [-0.2, -0.15) is 0 Å². The van der Waals surface area contributed by atoms with Crippen molar-refractivity contribution in [3.05, 3.63) is 0 Å². The van der Waals surface area contributed by atoms with Crippen molar-refractivity contribution in [1.82, 2.24) is 9.80 Å². The first-order chi connectivity index (χ1) is 10.1. The van der Waals surface area contributed by atoms with Gasteiger partial charge in [-0.25, -0.2) is 0 Å². The van der Waals surface area contributed by atoms with Gasteiger partial charge < -0.3 is 14.5 Å². The summed E-state index contributed by atoms with van der Waals surface area (Å²) in [6, 6.07) is 0.139. The zero-order valence-corrected chi connectivity index (χ0v) is 13.2. The van der Waals surface area contributed by atoms with Gasteiger partial charge in [0.05, 0.1) is 7.11 Å². The summed E-state index contributed by atoms with van der Waals surface area (Å²) in [4.78, 5) is 38.8. The second-order valence-electron chi connectivity index (χ2n) is 5.39. The first-order valence-electron chi connectivity index (χ1n) is 7.40. The van der Waals surface area contributed by atoms with Crippen molar-refractivity contribution in [1.29, 1.82) is 0 Å². The number of esters is 1. The van der Waals surface area contributed by atoms with Crippen LogP contribution >= 0.6 is 11.8 Å². The molecule has 2 amide bonds. The molecule has 1 heterocycles. The molecule has 1 saturated heterocycles. The van der Waals surface area contributed by atoms with Gasteiger partial charge in [0.1, 0.15) is 6.54 Å². The first kappa shape index (κ1) is 16.1. The molecule has 0 radical (unpaired) electrons. The molecule has 0 atom stereocenters. The monoisotopic (exact) mass is 314 g/mol. The summed E-state index contributed by atoms with van der Waals surface area (Å²) >= 11 is 1.29. The van der Waals surface area contributed by atoms with Gasteiger partial charge in [-0.15, -0.1) is 0 Å². The molecular weight excluding hydrogens is 292 g/mol. The minimum Gasteiger partial charge on any atom is -0.468 e. The lowest BCUT2D eigenvalue weighted by atomic mass is 10.2. The van der Waals surface area contributed by atoms with Crippen molar-refractivity contribution < 1.29 is 19.1 Å². The summed E-state index contributed by atoms with van der Waals surface area (Å²) in [6.45, 7) is 1.16. The summed E-state index contributed by atoms with van der Waals surface area (Å²) in [5, 5.41) is 0.0446. The van der Waals surface area contributed by atoms with Crippen molar-refractivity contribution >= 4 is 28.9 Å².